The molecule has 4 nitrogen and oxygen atoms in total. The van der Waals surface area contributed by atoms with Crippen molar-refractivity contribution in [3.63, 3.8) is 0 Å². The van der Waals surface area contributed by atoms with Crippen LogP contribution < -0.4 is 4.74 Å². The predicted molar refractivity (Wildman–Crippen MR) is 75.9 cm³/mol. The molecule has 1 fully saturated rings. The van der Waals surface area contributed by atoms with Gasteiger partial charge in [-0.2, -0.15) is 0 Å². The van der Waals surface area contributed by atoms with Crippen molar-refractivity contribution in [1.29, 1.82) is 0 Å². The van der Waals surface area contributed by atoms with E-state index in [1.54, 1.807) is 6.07 Å². The molecule has 0 spiro atoms. The van der Waals surface area contributed by atoms with E-state index < -0.39 is 6.36 Å². The van der Waals surface area contributed by atoms with Gasteiger partial charge in [-0.1, -0.05) is 0 Å². The second-order valence-electron chi connectivity index (χ2n) is 5.27. The first kappa shape index (κ1) is 15.2. The minimum Gasteiger partial charge on any atom is -0.406 e. The molecule has 2 aromatic rings. The monoisotopic (exact) mass is 314 g/mol. The number of ether oxygens (including phenoxy) is 2. The van der Waals surface area contributed by atoms with Crippen LogP contribution in [0.15, 0.2) is 24.4 Å². The molecule has 0 saturated carbocycles. The average molecular weight is 314 g/mol. The molecule has 1 N–H and O–H groups in total. The maximum absolute atomic E-state index is 12.2. The van der Waals surface area contributed by atoms with Crippen molar-refractivity contribution in [2.24, 2.45) is 0 Å². The third-order valence-electron chi connectivity index (χ3n) is 3.77. The van der Waals surface area contributed by atoms with Crippen molar-refractivity contribution in [3.05, 3.63) is 30.0 Å². The molecule has 0 aliphatic carbocycles. The zero-order valence-corrected chi connectivity index (χ0v) is 11.9. The minimum absolute atomic E-state index is 0.207. The van der Waals surface area contributed by atoms with Crippen LogP contribution in [0.25, 0.3) is 10.9 Å². The Kier molecular flexibility index (Phi) is 4.26. The summed E-state index contributed by atoms with van der Waals surface area (Å²) in [5, 5.41) is 0.933. The maximum Gasteiger partial charge on any atom is 0.573 e. The largest absolute Gasteiger partial charge is 0.573 e. The van der Waals surface area contributed by atoms with Gasteiger partial charge in [-0.05, 0) is 24.1 Å². The van der Waals surface area contributed by atoms with Crippen LogP contribution in [0.3, 0.4) is 0 Å². The summed E-state index contributed by atoms with van der Waals surface area (Å²) in [6.07, 6.45) is -1.97. The van der Waals surface area contributed by atoms with E-state index in [9.17, 15) is 13.2 Å². The minimum atomic E-state index is -4.67. The van der Waals surface area contributed by atoms with Gasteiger partial charge < -0.3 is 14.5 Å². The van der Waals surface area contributed by atoms with Gasteiger partial charge in [0, 0.05) is 42.8 Å². The molecule has 7 heteroatoms. The smallest absolute Gasteiger partial charge is 0.406 e. The average Bonchev–Trinajstić information content (AvgIpc) is 2.87. The lowest BCUT2D eigenvalue weighted by Crippen LogP contribution is -2.37. The summed E-state index contributed by atoms with van der Waals surface area (Å²) < 4.78 is 45.9. The highest BCUT2D eigenvalue weighted by Crippen LogP contribution is 2.27. The van der Waals surface area contributed by atoms with E-state index in [1.165, 1.54) is 12.1 Å². The topological polar surface area (TPSA) is 37.5 Å². The Morgan fingerprint density at radius 3 is 2.73 bits per heavy atom. The Labute approximate surface area is 125 Å². The molecule has 120 valence electrons. The van der Waals surface area contributed by atoms with Crippen LogP contribution in [0.1, 0.15) is 5.56 Å². The van der Waals surface area contributed by atoms with Crippen LogP contribution in [0.4, 0.5) is 13.2 Å². The predicted octanol–water partition coefficient (Wildman–Crippen LogP) is 2.94. The SMILES string of the molecule is FC(F)(F)Oc1ccc2c(CCN3CCOCC3)c[nH]c2c1. The zero-order valence-electron chi connectivity index (χ0n) is 11.9. The first-order valence-corrected chi connectivity index (χ1v) is 7.17. The Hall–Kier alpha value is -1.73. The molecule has 0 bridgehead atoms. The number of halogens is 3. The summed E-state index contributed by atoms with van der Waals surface area (Å²) in [6.45, 7) is 4.27. The lowest BCUT2D eigenvalue weighted by Gasteiger charge is -2.26. The number of H-pyrrole nitrogens is 1. The molecule has 0 atom stereocenters. The van der Waals surface area contributed by atoms with Crippen LogP contribution >= 0.6 is 0 Å². The van der Waals surface area contributed by atoms with E-state index in [2.05, 4.69) is 14.6 Å². The third kappa shape index (κ3) is 3.72. The van der Waals surface area contributed by atoms with Gasteiger partial charge in [-0.3, -0.25) is 4.90 Å². The third-order valence-corrected chi connectivity index (χ3v) is 3.77. The van der Waals surface area contributed by atoms with E-state index in [-0.39, 0.29) is 5.75 Å². The number of aromatic amines is 1. The van der Waals surface area contributed by atoms with Gasteiger partial charge in [0.05, 0.1) is 13.2 Å². The normalized spacial score (nSPS) is 17.0. The molecular weight excluding hydrogens is 297 g/mol. The summed E-state index contributed by atoms with van der Waals surface area (Å²) in [6, 6.07) is 4.39. The van der Waals surface area contributed by atoms with Crippen LogP contribution in [0, 0.1) is 0 Å². The number of morpholine rings is 1. The number of aromatic nitrogens is 1. The quantitative estimate of drug-likeness (QED) is 0.943. The highest BCUT2D eigenvalue weighted by molar-refractivity contribution is 5.84. The number of fused-ring (bicyclic) bond motifs is 1. The van der Waals surface area contributed by atoms with Gasteiger partial charge in [0.15, 0.2) is 0 Å². The van der Waals surface area contributed by atoms with E-state index in [0.717, 1.165) is 50.2 Å². The van der Waals surface area contributed by atoms with Crippen LogP contribution in [-0.2, 0) is 11.2 Å². The van der Waals surface area contributed by atoms with Gasteiger partial charge in [0.25, 0.3) is 0 Å². The lowest BCUT2D eigenvalue weighted by atomic mass is 10.1. The van der Waals surface area contributed by atoms with Gasteiger partial charge in [0.1, 0.15) is 5.75 Å². The fourth-order valence-electron chi connectivity index (χ4n) is 2.67. The Morgan fingerprint density at radius 2 is 2.00 bits per heavy atom. The first-order chi connectivity index (χ1) is 10.5. The molecule has 22 heavy (non-hydrogen) atoms. The molecule has 1 aromatic carbocycles. The van der Waals surface area contributed by atoms with Crippen molar-refractivity contribution in [2.45, 2.75) is 12.8 Å². The number of nitrogens with one attached hydrogen (secondary N) is 1. The fourth-order valence-corrected chi connectivity index (χ4v) is 2.67. The zero-order chi connectivity index (χ0) is 15.6. The van der Waals surface area contributed by atoms with E-state index in [1.807, 2.05) is 6.20 Å². The maximum atomic E-state index is 12.2. The lowest BCUT2D eigenvalue weighted by molar-refractivity contribution is -0.274. The van der Waals surface area contributed by atoms with Gasteiger partial charge in [0.2, 0.25) is 0 Å². The molecular formula is C15H17F3N2O2. The van der Waals surface area contributed by atoms with Gasteiger partial charge in [-0.25, -0.2) is 0 Å². The summed E-state index contributed by atoms with van der Waals surface area (Å²) in [4.78, 5) is 5.33. The van der Waals surface area contributed by atoms with Crippen molar-refractivity contribution >= 4 is 10.9 Å². The van der Waals surface area contributed by atoms with Crippen molar-refractivity contribution in [3.8, 4) is 5.75 Å². The number of hydrogen-bond donors (Lipinski definition) is 1. The molecule has 0 radical (unpaired) electrons. The van der Waals surface area contributed by atoms with Crippen molar-refractivity contribution < 1.29 is 22.6 Å². The van der Waals surface area contributed by atoms with Gasteiger partial charge in [-0.15, -0.1) is 13.2 Å². The molecule has 1 saturated heterocycles. The Morgan fingerprint density at radius 1 is 1.23 bits per heavy atom. The second-order valence-corrected chi connectivity index (χ2v) is 5.27. The summed E-state index contributed by atoms with van der Waals surface area (Å²) in [5.74, 6) is -0.207. The summed E-state index contributed by atoms with van der Waals surface area (Å²) >= 11 is 0. The standard InChI is InChI=1S/C15H17F3N2O2/c16-15(17,18)22-12-1-2-13-11(10-19-14(13)9-12)3-4-20-5-7-21-8-6-20/h1-2,9-10,19H,3-8H2. The number of alkyl halides is 3. The van der Waals surface area contributed by atoms with E-state index in [4.69, 9.17) is 4.74 Å². The Bertz CT molecular complexity index is 633. The molecule has 1 aliphatic heterocycles. The number of rotatable bonds is 4. The number of benzene rings is 1. The first-order valence-electron chi connectivity index (χ1n) is 7.17. The van der Waals surface area contributed by atoms with E-state index in [0.29, 0.717) is 5.52 Å². The molecule has 2 heterocycles. The molecule has 0 unspecified atom stereocenters. The number of hydrogen-bond acceptors (Lipinski definition) is 3. The van der Waals surface area contributed by atoms with Crippen molar-refractivity contribution in [1.82, 2.24) is 9.88 Å². The van der Waals surface area contributed by atoms with Crippen LogP contribution in [0.5, 0.6) is 5.75 Å². The van der Waals surface area contributed by atoms with Crippen LogP contribution in [-0.4, -0.2) is 49.1 Å². The fraction of sp³-hybridized carbons (Fsp3) is 0.467. The highest BCUT2D eigenvalue weighted by Gasteiger charge is 2.31. The second kappa shape index (κ2) is 6.18. The number of nitrogens with zero attached hydrogens (tertiary/aromatic N) is 1. The summed E-state index contributed by atoms with van der Waals surface area (Å²) in [5.41, 5.74) is 1.75. The molecule has 3 rings (SSSR count). The highest BCUT2D eigenvalue weighted by atomic mass is 19.4. The Balaban J connectivity index is 1.69. The van der Waals surface area contributed by atoms with E-state index >= 15 is 0 Å². The molecule has 0 amide bonds. The molecule has 1 aromatic heterocycles. The van der Waals surface area contributed by atoms with Crippen molar-refractivity contribution in [2.75, 3.05) is 32.8 Å². The summed E-state index contributed by atoms with van der Waals surface area (Å²) in [7, 11) is 0. The van der Waals surface area contributed by atoms with Gasteiger partial charge >= 0.3 is 6.36 Å². The van der Waals surface area contributed by atoms with Crippen LogP contribution in [0.2, 0.25) is 0 Å². The molecule has 1 aliphatic rings.